The summed E-state index contributed by atoms with van der Waals surface area (Å²) >= 11 is 0. The second-order valence-electron chi connectivity index (χ2n) is 10.9. The third kappa shape index (κ3) is 1.13. The van der Waals surface area contributed by atoms with Gasteiger partial charge in [-0.25, -0.2) is 0 Å². The van der Waals surface area contributed by atoms with Gasteiger partial charge in [0.05, 0.1) is 11.5 Å². The molecule has 1 spiro atoms. The van der Waals surface area contributed by atoms with Crippen molar-refractivity contribution >= 4 is 0 Å². The molecule has 0 unspecified atom stereocenters. The third-order valence-corrected chi connectivity index (χ3v) is 10.3. The maximum absolute atomic E-state index is 12.3. The fraction of sp³-hybridized carbons (Fsp3) is 1.00. The number of rotatable bonds is 1. The van der Waals surface area contributed by atoms with Gasteiger partial charge in [-0.05, 0) is 31.6 Å². The molecule has 2 saturated heterocycles. The highest BCUT2D eigenvalue weighted by Gasteiger charge is 3.09. The standard InChI is InChI=1S/C20H32O8/c1-9(2)17(25)12(22)18(26)13(4)8-16(24)14(17,5)20(18,27)19(28-16)11(21)10(3)6-7-15(13,19)23/h9-12,21-27H,6-8H2,1-5H3/t10-,11+,12+,13-,14-,15-,16-,17+,18+,19+,20+/m0/s1. The van der Waals surface area contributed by atoms with Crippen molar-refractivity contribution in [3.63, 3.8) is 0 Å². The van der Waals surface area contributed by atoms with Gasteiger partial charge in [-0.3, -0.25) is 0 Å². The second-order valence-corrected chi connectivity index (χ2v) is 10.9. The Labute approximate surface area is 163 Å². The van der Waals surface area contributed by atoms with Crippen molar-refractivity contribution in [2.45, 2.75) is 99.9 Å². The Kier molecular flexibility index (Phi) is 3.04. The summed E-state index contributed by atoms with van der Waals surface area (Å²) in [4.78, 5) is 0. The molecule has 0 aromatic rings. The SMILES string of the molecule is CC(C)[C@@]1(O)[C@@H](O)[C@@]2(O)[C@@]3(C)C[C@]4(O)O[C@@]5([C@H](O)[C@@H](C)CC[C@]35O)[C@@]2(O)[C@]14C. The molecule has 6 bridgehead atoms. The highest BCUT2D eigenvalue weighted by atomic mass is 16.7. The van der Waals surface area contributed by atoms with Gasteiger partial charge in [-0.1, -0.05) is 27.7 Å². The van der Waals surface area contributed by atoms with E-state index in [0.717, 1.165) is 0 Å². The molecule has 4 saturated carbocycles. The van der Waals surface area contributed by atoms with E-state index in [4.69, 9.17) is 4.74 Å². The maximum atomic E-state index is 12.3. The lowest BCUT2D eigenvalue weighted by atomic mass is 9.52. The first-order chi connectivity index (χ1) is 12.6. The van der Waals surface area contributed by atoms with Crippen LogP contribution in [0.2, 0.25) is 0 Å². The van der Waals surface area contributed by atoms with E-state index >= 15 is 0 Å². The van der Waals surface area contributed by atoms with E-state index in [2.05, 4.69) is 0 Å². The molecule has 6 aliphatic rings. The van der Waals surface area contributed by atoms with Crippen LogP contribution in [0.25, 0.3) is 0 Å². The van der Waals surface area contributed by atoms with Crippen LogP contribution >= 0.6 is 0 Å². The predicted octanol–water partition coefficient (Wildman–Crippen LogP) is -1.38. The average Bonchev–Trinajstić information content (AvgIpc) is 2.84. The number of aliphatic hydroxyl groups is 7. The molecule has 2 aliphatic heterocycles. The van der Waals surface area contributed by atoms with Crippen LogP contribution < -0.4 is 0 Å². The van der Waals surface area contributed by atoms with Crippen LogP contribution in [0.15, 0.2) is 0 Å². The average molecular weight is 400 g/mol. The van der Waals surface area contributed by atoms with Gasteiger partial charge in [0.15, 0.2) is 11.4 Å². The summed E-state index contributed by atoms with van der Waals surface area (Å²) in [5, 5.41) is 82.3. The number of hydrogen-bond acceptors (Lipinski definition) is 8. The van der Waals surface area contributed by atoms with E-state index in [-0.39, 0.29) is 12.8 Å². The third-order valence-electron chi connectivity index (χ3n) is 10.3. The zero-order chi connectivity index (χ0) is 21.1. The first kappa shape index (κ1) is 19.6. The Morgan fingerprint density at radius 3 is 2.11 bits per heavy atom. The smallest absolute Gasteiger partial charge is 0.178 e. The summed E-state index contributed by atoms with van der Waals surface area (Å²) in [6.45, 7) is 7.90. The van der Waals surface area contributed by atoms with E-state index in [9.17, 15) is 35.7 Å². The first-order valence-electron chi connectivity index (χ1n) is 10.2. The normalized spacial score (nSPS) is 72.1. The van der Waals surface area contributed by atoms with Crippen LogP contribution in [0, 0.1) is 22.7 Å². The first-order valence-corrected chi connectivity index (χ1v) is 10.2. The van der Waals surface area contributed by atoms with Crippen molar-refractivity contribution in [2.75, 3.05) is 0 Å². The Balaban J connectivity index is 1.97. The van der Waals surface area contributed by atoms with Gasteiger partial charge in [0.1, 0.15) is 28.5 Å². The summed E-state index contributed by atoms with van der Waals surface area (Å²) in [5.41, 5.74) is -14.7. The Hall–Kier alpha value is -0.320. The van der Waals surface area contributed by atoms with Crippen molar-refractivity contribution < 1.29 is 40.5 Å². The monoisotopic (exact) mass is 400 g/mol. The van der Waals surface area contributed by atoms with Crippen molar-refractivity contribution in [1.82, 2.24) is 0 Å². The van der Waals surface area contributed by atoms with Crippen molar-refractivity contribution in [2.24, 2.45) is 22.7 Å². The molecule has 6 rings (SSSR count). The molecule has 160 valence electrons. The Morgan fingerprint density at radius 1 is 1.00 bits per heavy atom. The maximum Gasteiger partial charge on any atom is 0.178 e. The summed E-state index contributed by atoms with van der Waals surface area (Å²) in [5.74, 6) is -3.24. The van der Waals surface area contributed by atoms with E-state index in [1.54, 1.807) is 20.8 Å². The van der Waals surface area contributed by atoms with Gasteiger partial charge in [0, 0.05) is 11.8 Å². The topological polar surface area (TPSA) is 151 Å². The second kappa shape index (κ2) is 4.34. The van der Waals surface area contributed by atoms with Gasteiger partial charge in [0.2, 0.25) is 0 Å². The molecule has 0 radical (unpaired) electrons. The predicted molar refractivity (Wildman–Crippen MR) is 94.6 cm³/mol. The number of ether oxygens (including phenoxy) is 1. The molecule has 4 aliphatic carbocycles. The lowest BCUT2D eigenvalue weighted by Crippen LogP contribution is -2.75. The molecule has 6 fully saturated rings. The highest BCUT2D eigenvalue weighted by molar-refractivity contribution is 5.56. The minimum Gasteiger partial charge on any atom is -0.390 e. The van der Waals surface area contributed by atoms with E-state index in [1.165, 1.54) is 13.8 Å². The molecule has 0 aromatic carbocycles. The van der Waals surface area contributed by atoms with Crippen LogP contribution in [-0.2, 0) is 4.74 Å². The van der Waals surface area contributed by atoms with Crippen LogP contribution in [-0.4, -0.2) is 81.7 Å². The molecule has 7 N–H and O–H groups in total. The molecular formula is C20H32O8. The highest BCUT2D eigenvalue weighted by Crippen LogP contribution is 2.90. The summed E-state index contributed by atoms with van der Waals surface area (Å²) in [7, 11) is 0. The molecule has 11 atom stereocenters. The molecule has 0 amide bonds. The van der Waals surface area contributed by atoms with Gasteiger partial charge < -0.3 is 40.5 Å². The van der Waals surface area contributed by atoms with Gasteiger partial charge in [0.25, 0.3) is 0 Å². The van der Waals surface area contributed by atoms with Crippen LogP contribution in [0.4, 0.5) is 0 Å². The molecule has 0 aromatic heterocycles. The Morgan fingerprint density at radius 2 is 1.57 bits per heavy atom. The molecule has 28 heavy (non-hydrogen) atoms. The van der Waals surface area contributed by atoms with Crippen LogP contribution in [0.3, 0.4) is 0 Å². The molecule has 2 heterocycles. The lowest BCUT2D eigenvalue weighted by Gasteiger charge is -2.60. The van der Waals surface area contributed by atoms with Gasteiger partial charge in [-0.2, -0.15) is 0 Å². The quantitative estimate of drug-likeness (QED) is 0.285. The number of aliphatic hydroxyl groups excluding tert-OH is 2. The summed E-state index contributed by atoms with van der Waals surface area (Å²) in [6, 6.07) is 0. The fourth-order valence-corrected chi connectivity index (χ4v) is 8.80. The van der Waals surface area contributed by atoms with Gasteiger partial charge >= 0.3 is 0 Å². The van der Waals surface area contributed by atoms with Crippen molar-refractivity contribution in [1.29, 1.82) is 0 Å². The van der Waals surface area contributed by atoms with E-state index < -0.39 is 68.7 Å². The molecule has 8 heteroatoms. The fourth-order valence-electron chi connectivity index (χ4n) is 8.80. The summed E-state index contributed by atoms with van der Waals surface area (Å²) in [6.07, 6.45) is -3.04. The van der Waals surface area contributed by atoms with Crippen LogP contribution in [0.1, 0.15) is 53.9 Å². The number of hydrogen-bond donors (Lipinski definition) is 7. The molecular weight excluding hydrogens is 368 g/mol. The largest absolute Gasteiger partial charge is 0.390 e. The zero-order valence-corrected chi connectivity index (χ0v) is 17.0. The molecule has 8 nitrogen and oxygen atoms in total. The Bertz CT molecular complexity index is 790. The minimum atomic E-state index is -2.49. The zero-order valence-electron chi connectivity index (χ0n) is 17.0. The van der Waals surface area contributed by atoms with Gasteiger partial charge in [-0.15, -0.1) is 0 Å². The van der Waals surface area contributed by atoms with Crippen LogP contribution in [0.5, 0.6) is 0 Å². The summed E-state index contributed by atoms with van der Waals surface area (Å²) < 4.78 is 6.05. The minimum absolute atomic E-state index is 0.116. The van der Waals surface area contributed by atoms with Crippen molar-refractivity contribution in [3.8, 4) is 0 Å². The van der Waals surface area contributed by atoms with Crippen molar-refractivity contribution in [3.05, 3.63) is 0 Å². The van der Waals surface area contributed by atoms with E-state index in [1.807, 2.05) is 0 Å². The lowest BCUT2D eigenvalue weighted by molar-refractivity contribution is -0.390. The van der Waals surface area contributed by atoms with E-state index in [0.29, 0.717) is 6.42 Å².